The Morgan fingerprint density at radius 2 is 2.05 bits per heavy atom. The average molecular weight is 266 g/mol. The van der Waals surface area contributed by atoms with Crippen LogP contribution in [0.2, 0.25) is 0 Å². The zero-order valence-corrected chi connectivity index (χ0v) is 12.1. The molecule has 2 N–H and O–H groups in total. The van der Waals surface area contributed by atoms with Gasteiger partial charge in [-0.05, 0) is 43.0 Å². The van der Waals surface area contributed by atoms with E-state index < -0.39 is 0 Å². The number of anilines is 1. The number of benzene rings is 2. The summed E-state index contributed by atoms with van der Waals surface area (Å²) >= 11 is 0. The first-order valence-electron chi connectivity index (χ1n) is 7.44. The largest absolute Gasteiger partial charge is 0.384 e. The summed E-state index contributed by atoms with van der Waals surface area (Å²) in [6.45, 7) is 5.20. The van der Waals surface area contributed by atoms with Gasteiger partial charge in [0.25, 0.3) is 0 Å². The molecular weight excluding hydrogens is 244 g/mol. The summed E-state index contributed by atoms with van der Waals surface area (Å²) in [5, 5.41) is 7.05. The third kappa shape index (κ3) is 3.02. The van der Waals surface area contributed by atoms with Gasteiger partial charge in [-0.1, -0.05) is 48.0 Å². The Balaban J connectivity index is 1.52. The minimum Gasteiger partial charge on any atom is -0.384 e. The molecule has 1 heterocycles. The fourth-order valence-electron chi connectivity index (χ4n) is 2.88. The Bertz CT molecular complexity index is 590. The van der Waals surface area contributed by atoms with Crippen molar-refractivity contribution >= 4 is 5.69 Å². The second-order valence-corrected chi connectivity index (χ2v) is 5.54. The van der Waals surface area contributed by atoms with E-state index in [2.05, 4.69) is 60.0 Å². The molecule has 0 atom stereocenters. The lowest BCUT2D eigenvalue weighted by molar-refractivity contribution is 0.687. The smallest absolute Gasteiger partial charge is 0.0419 e. The van der Waals surface area contributed by atoms with Gasteiger partial charge in [-0.25, -0.2) is 0 Å². The molecule has 2 nitrogen and oxygen atoms in total. The van der Waals surface area contributed by atoms with Crippen molar-refractivity contribution in [3.05, 3.63) is 64.7 Å². The molecule has 2 aromatic carbocycles. The first-order chi connectivity index (χ1) is 9.83. The highest BCUT2D eigenvalue weighted by Gasteiger charge is 2.12. The highest BCUT2D eigenvalue weighted by molar-refractivity contribution is 5.61. The number of nitrogens with one attached hydrogen (secondary N) is 2. The average Bonchev–Trinajstić information content (AvgIpc) is 2.93. The Morgan fingerprint density at radius 1 is 1.15 bits per heavy atom. The lowest BCUT2D eigenvalue weighted by Crippen LogP contribution is -2.17. The van der Waals surface area contributed by atoms with E-state index in [-0.39, 0.29) is 0 Å². The normalized spacial score (nSPS) is 13.1. The molecule has 104 valence electrons. The Kier molecular flexibility index (Phi) is 4.03. The van der Waals surface area contributed by atoms with Crippen molar-refractivity contribution in [2.24, 2.45) is 0 Å². The van der Waals surface area contributed by atoms with E-state index in [1.807, 2.05) is 0 Å². The van der Waals surface area contributed by atoms with E-state index in [1.165, 1.54) is 27.9 Å². The van der Waals surface area contributed by atoms with Crippen LogP contribution in [0.25, 0.3) is 0 Å². The summed E-state index contributed by atoms with van der Waals surface area (Å²) in [5.74, 6) is 0. The first kappa shape index (κ1) is 13.2. The number of para-hydroxylation sites is 1. The summed E-state index contributed by atoms with van der Waals surface area (Å²) in [7, 11) is 0. The zero-order valence-electron chi connectivity index (χ0n) is 12.1. The molecular formula is C18H22N2. The van der Waals surface area contributed by atoms with Gasteiger partial charge in [0.2, 0.25) is 0 Å². The van der Waals surface area contributed by atoms with Crippen LogP contribution < -0.4 is 10.6 Å². The van der Waals surface area contributed by atoms with Crippen molar-refractivity contribution in [3.8, 4) is 0 Å². The highest BCUT2D eigenvalue weighted by atomic mass is 14.9. The van der Waals surface area contributed by atoms with Crippen molar-refractivity contribution < 1.29 is 0 Å². The predicted molar refractivity (Wildman–Crippen MR) is 85.2 cm³/mol. The molecule has 0 saturated carbocycles. The van der Waals surface area contributed by atoms with Crippen LogP contribution in [-0.4, -0.2) is 13.1 Å². The lowest BCUT2D eigenvalue weighted by atomic mass is 10.1. The third-order valence-corrected chi connectivity index (χ3v) is 3.92. The predicted octanol–water partition coefficient (Wildman–Crippen LogP) is 3.30. The number of rotatable bonds is 5. The fourth-order valence-corrected chi connectivity index (χ4v) is 2.88. The molecule has 1 aliphatic heterocycles. The summed E-state index contributed by atoms with van der Waals surface area (Å²) < 4.78 is 0. The van der Waals surface area contributed by atoms with Gasteiger partial charge in [0.1, 0.15) is 0 Å². The van der Waals surface area contributed by atoms with Gasteiger partial charge in [0.05, 0.1) is 0 Å². The molecule has 0 aromatic heterocycles. The topological polar surface area (TPSA) is 24.1 Å². The van der Waals surface area contributed by atoms with Crippen LogP contribution in [0.15, 0.2) is 42.5 Å². The van der Waals surface area contributed by atoms with Crippen molar-refractivity contribution in [1.29, 1.82) is 0 Å². The van der Waals surface area contributed by atoms with Crippen molar-refractivity contribution in [1.82, 2.24) is 5.32 Å². The lowest BCUT2D eigenvalue weighted by Gasteiger charge is -2.10. The number of hydrogen-bond acceptors (Lipinski definition) is 2. The van der Waals surface area contributed by atoms with Gasteiger partial charge in [0, 0.05) is 18.8 Å². The van der Waals surface area contributed by atoms with Gasteiger partial charge in [-0.2, -0.15) is 0 Å². The van der Waals surface area contributed by atoms with Crippen LogP contribution in [0.3, 0.4) is 0 Å². The van der Waals surface area contributed by atoms with Crippen LogP contribution in [-0.2, 0) is 19.4 Å². The molecule has 2 aromatic rings. The Morgan fingerprint density at radius 3 is 2.95 bits per heavy atom. The molecule has 0 saturated heterocycles. The third-order valence-electron chi connectivity index (χ3n) is 3.92. The number of hydrogen-bond donors (Lipinski definition) is 2. The molecule has 0 bridgehead atoms. The maximum Gasteiger partial charge on any atom is 0.0419 e. The van der Waals surface area contributed by atoms with Gasteiger partial charge < -0.3 is 10.6 Å². The summed E-state index contributed by atoms with van der Waals surface area (Å²) in [5.41, 5.74) is 6.96. The van der Waals surface area contributed by atoms with Crippen LogP contribution >= 0.6 is 0 Å². The standard InChI is InChI=1S/C18H22N2/c1-14-4-2-5-15(12-14)8-10-19-13-17-7-3-6-16-9-11-20-18(16)17/h2-7,12,19-20H,8-11,13H2,1H3. The van der Waals surface area contributed by atoms with E-state index in [0.29, 0.717) is 0 Å². The summed E-state index contributed by atoms with van der Waals surface area (Å²) in [4.78, 5) is 0. The highest BCUT2D eigenvalue weighted by Crippen LogP contribution is 2.26. The Labute approximate surface area is 121 Å². The molecule has 0 spiro atoms. The summed E-state index contributed by atoms with van der Waals surface area (Å²) in [6.07, 6.45) is 2.25. The molecule has 0 aliphatic carbocycles. The van der Waals surface area contributed by atoms with E-state index in [0.717, 1.165) is 32.5 Å². The van der Waals surface area contributed by atoms with E-state index in [9.17, 15) is 0 Å². The van der Waals surface area contributed by atoms with Crippen molar-refractivity contribution in [2.45, 2.75) is 26.3 Å². The first-order valence-corrected chi connectivity index (χ1v) is 7.44. The minimum absolute atomic E-state index is 0.946. The fraction of sp³-hybridized carbons (Fsp3) is 0.333. The SMILES string of the molecule is Cc1cccc(CCNCc2cccc3c2NCC3)c1. The van der Waals surface area contributed by atoms with Crippen molar-refractivity contribution in [2.75, 3.05) is 18.4 Å². The second-order valence-electron chi connectivity index (χ2n) is 5.54. The molecule has 3 rings (SSSR count). The molecule has 0 fully saturated rings. The van der Waals surface area contributed by atoms with E-state index in [4.69, 9.17) is 0 Å². The van der Waals surface area contributed by atoms with Crippen LogP contribution in [0.4, 0.5) is 5.69 Å². The Hall–Kier alpha value is -1.80. The van der Waals surface area contributed by atoms with Gasteiger partial charge >= 0.3 is 0 Å². The zero-order chi connectivity index (χ0) is 13.8. The van der Waals surface area contributed by atoms with Crippen LogP contribution in [0.5, 0.6) is 0 Å². The molecule has 0 unspecified atom stereocenters. The molecule has 0 amide bonds. The number of fused-ring (bicyclic) bond motifs is 1. The molecule has 20 heavy (non-hydrogen) atoms. The van der Waals surface area contributed by atoms with Gasteiger partial charge in [0.15, 0.2) is 0 Å². The minimum atomic E-state index is 0.946. The van der Waals surface area contributed by atoms with Crippen LogP contribution in [0.1, 0.15) is 22.3 Å². The molecule has 1 aliphatic rings. The van der Waals surface area contributed by atoms with E-state index >= 15 is 0 Å². The monoisotopic (exact) mass is 266 g/mol. The van der Waals surface area contributed by atoms with E-state index in [1.54, 1.807) is 0 Å². The van der Waals surface area contributed by atoms with Gasteiger partial charge in [-0.15, -0.1) is 0 Å². The maximum absolute atomic E-state index is 3.56. The molecule has 0 radical (unpaired) electrons. The van der Waals surface area contributed by atoms with Crippen molar-refractivity contribution in [3.63, 3.8) is 0 Å². The van der Waals surface area contributed by atoms with Crippen LogP contribution in [0, 0.1) is 6.92 Å². The quantitative estimate of drug-likeness (QED) is 0.811. The van der Waals surface area contributed by atoms with Gasteiger partial charge in [-0.3, -0.25) is 0 Å². The number of aryl methyl sites for hydroxylation is 1. The summed E-state index contributed by atoms with van der Waals surface area (Å²) in [6, 6.07) is 15.4. The second kappa shape index (κ2) is 6.10. The maximum atomic E-state index is 3.56. The molecule has 2 heteroatoms.